The van der Waals surface area contributed by atoms with Crippen molar-refractivity contribution in [3.05, 3.63) is 125 Å². The summed E-state index contributed by atoms with van der Waals surface area (Å²) >= 11 is 0. The van der Waals surface area contributed by atoms with Gasteiger partial charge in [-0.05, 0) is 57.4 Å². The predicted octanol–water partition coefficient (Wildman–Crippen LogP) is 6.63. The van der Waals surface area contributed by atoms with Crippen LogP contribution in [0.3, 0.4) is 0 Å². The van der Waals surface area contributed by atoms with Crippen molar-refractivity contribution in [1.82, 2.24) is 0 Å². The summed E-state index contributed by atoms with van der Waals surface area (Å²) in [6.45, 7) is 3.88. The van der Waals surface area contributed by atoms with E-state index in [1.54, 1.807) is 0 Å². The van der Waals surface area contributed by atoms with Crippen molar-refractivity contribution in [3.63, 3.8) is 0 Å². The van der Waals surface area contributed by atoms with Crippen LogP contribution < -0.4 is 0 Å². The standard InChI is InChI=1S/C14H12.C13H10/c1-2-10-7-8-13-12-6-4-3-5-11(12)9-14(10)13;1-3-7-12-10(5-1)9-11-6-2-4-8-13(11)12/h2-8,10H,1,9H2;1-8H,9H2. The summed E-state index contributed by atoms with van der Waals surface area (Å²) in [6, 6.07) is 26.0. The summed E-state index contributed by atoms with van der Waals surface area (Å²) in [4.78, 5) is 0. The molecule has 3 aliphatic carbocycles. The Labute approximate surface area is 161 Å². The zero-order valence-corrected chi connectivity index (χ0v) is 15.4. The van der Waals surface area contributed by atoms with Gasteiger partial charge in [0.15, 0.2) is 0 Å². The van der Waals surface area contributed by atoms with Crippen LogP contribution in [0.15, 0.2) is 103 Å². The number of allylic oxidation sites excluding steroid dienone is 5. The van der Waals surface area contributed by atoms with E-state index >= 15 is 0 Å². The Morgan fingerprint density at radius 3 is 1.78 bits per heavy atom. The van der Waals surface area contributed by atoms with Gasteiger partial charge in [-0.1, -0.05) is 91.0 Å². The largest absolute Gasteiger partial charge is 0.102 e. The van der Waals surface area contributed by atoms with Crippen LogP contribution in [0, 0.1) is 5.92 Å². The Bertz CT molecular complexity index is 1050. The van der Waals surface area contributed by atoms with E-state index < -0.39 is 0 Å². The lowest BCUT2D eigenvalue weighted by Crippen LogP contribution is -1.94. The van der Waals surface area contributed by atoms with E-state index in [4.69, 9.17) is 0 Å². The molecular weight excluding hydrogens is 324 g/mol. The van der Waals surface area contributed by atoms with Crippen molar-refractivity contribution in [3.8, 4) is 11.1 Å². The molecule has 0 amide bonds. The molecule has 6 rings (SSSR count). The molecule has 0 nitrogen and oxygen atoms in total. The van der Waals surface area contributed by atoms with Gasteiger partial charge < -0.3 is 0 Å². The van der Waals surface area contributed by atoms with Crippen LogP contribution in [0.2, 0.25) is 0 Å². The van der Waals surface area contributed by atoms with Crippen molar-refractivity contribution >= 4 is 5.57 Å². The van der Waals surface area contributed by atoms with Gasteiger partial charge in [0, 0.05) is 5.92 Å². The fraction of sp³-hybridized carbons (Fsp3) is 0.111. The van der Waals surface area contributed by atoms with E-state index in [1.165, 1.54) is 44.5 Å². The van der Waals surface area contributed by atoms with E-state index in [2.05, 4.69) is 91.5 Å². The normalized spacial score (nSPS) is 17.6. The first-order chi connectivity index (χ1) is 13.3. The maximum absolute atomic E-state index is 3.88. The molecule has 0 radical (unpaired) electrons. The van der Waals surface area contributed by atoms with Crippen LogP contribution >= 0.6 is 0 Å². The van der Waals surface area contributed by atoms with Gasteiger partial charge in [-0.2, -0.15) is 0 Å². The summed E-state index contributed by atoms with van der Waals surface area (Å²) in [6.07, 6.45) is 8.73. The number of rotatable bonds is 1. The molecule has 0 aliphatic heterocycles. The van der Waals surface area contributed by atoms with E-state index in [0.29, 0.717) is 5.92 Å². The fourth-order valence-electron chi connectivity index (χ4n) is 4.52. The van der Waals surface area contributed by atoms with Crippen molar-refractivity contribution < 1.29 is 0 Å². The molecule has 0 saturated carbocycles. The topological polar surface area (TPSA) is 0 Å². The Balaban J connectivity index is 0.000000119. The fourth-order valence-corrected chi connectivity index (χ4v) is 4.52. The van der Waals surface area contributed by atoms with Gasteiger partial charge in [0.1, 0.15) is 0 Å². The number of hydrogen-bond donors (Lipinski definition) is 0. The van der Waals surface area contributed by atoms with Crippen molar-refractivity contribution in [2.24, 2.45) is 5.92 Å². The lowest BCUT2D eigenvalue weighted by atomic mass is 9.99. The van der Waals surface area contributed by atoms with Crippen LogP contribution in [0.4, 0.5) is 0 Å². The molecule has 0 N–H and O–H groups in total. The molecule has 27 heavy (non-hydrogen) atoms. The smallest absolute Gasteiger partial charge is 0.0170 e. The highest BCUT2D eigenvalue weighted by atomic mass is 14.3. The molecule has 0 fully saturated rings. The van der Waals surface area contributed by atoms with E-state index in [1.807, 2.05) is 6.08 Å². The first-order valence-corrected chi connectivity index (χ1v) is 9.63. The minimum atomic E-state index is 0.470. The van der Waals surface area contributed by atoms with E-state index in [9.17, 15) is 0 Å². The lowest BCUT2D eigenvalue weighted by molar-refractivity contribution is 0.945. The molecule has 0 bridgehead atoms. The number of fused-ring (bicyclic) bond motifs is 5. The van der Waals surface area contributed by atoms with Gasteiger partial charge in [0.25, 0.3) is 0 Å². The van der Waals surface area contributed by atoms with Gasteiger partial charge in [-0.3, -0.25) is 0 Å². The summed E-state index contributed by atoms with van der Waals surface area (Å²) in [5, 5.41) is 0. The van der Waals surface area contributed by atoms with Gasteiger partial charge in [-0.15, -0.1) is 6.58 Å². The minimum Gasteiger partial charge on any atom is -0.102 e. The van der Waals surface area contributed by atoms with Crippen LogP contribution in [0.25, 0.3) is 16.7 Å². The predicted molar refractivity (Wildman–Crippen MR) is 115 cm³/mol. The second-order valence-electron chi connectivity index (χ2n) is 7.38. The number of benzene rings is 3. The average Bonchev–Trinajstić information content (AvgIpc) is 3.39. The zero-order valence-electron chi connectivity index (χ0n) is 15.4. The highest BCUT2D eigenvalue weighted by Crippen LogP contribution is 2.42. The van der Waals surface area contributed by atoms with Gasteiger partial charge >= 0.3 is 0 Å². The molecule has 3 aromatic rings. The molecule has 1 unspecified atom stereocenters. The second-order valence-corrected chi connectivity index (χ2v) is 7.38. The molecule has 0 heteroatoms. The SMILES string of the molecule is C=CC1C=CC2=C1Cc1ccccc12.c1ccc2c(c1)Cc1ccccc1-2. The quantitative estimate of drug-likeness (QED) is 0.339. The van der Waals surface area contributed by atoms with Crippen LogP contribution in [0.1, 0.15) is 22.3 Å². The molecule has 3 aliphatic rings. The molecule has 0 spiro atoms. The minimum absolute atomic E-state index is 0.470. The average molecular weight is 346 g/mol. The Morgan fingerprint density at radius 1 is 0.667 bits per heavy atom. The summed E-state index contributed by atoms with van der Waals surface area (Å²) < 4.78 is 0. The maximum atomic E-state index is 3.88. The van der Waals surface area contributed by atoms with Gasteiger partial charge in [-0.25, -0.2) is 0 Å². The third-order valence-corrected chi connectivity index (χ3v) is 5.87. The van der Waals surface area contributed by atoms with Crippen molar-refractivity contribution in [1.29, 1.82) is 0 Å². The molecule has 130 valence electrons. The molecule has 0 heterocycles. The van der Waals surface area contributed by atoms with Crippen LogP contribution in [-0.4, -0.2) is 0 Å². The molecular formula is C27H22. The zero-order chi connectivity index (χ0) is 18.2. The van der Waals surface area contributed by atoms with Crippen molar-refractivity contribution in [2.75, 3.05) is 0 Å². The Morgan fingerprint density at radius 2 is 1.19 bits per heavy atom. The maximum Gasteiger partial charge on any atom is 0.0170 e. The van der Waals surface area contributed by atoms with Crippen molar-refractivity contribution in [2.45, 2.75) is 12.8 Å². The molecule has 3 aromatic carbocycles. The summed E-state index contributed by atoms with van der Waals surface area (Å²) in [5.74, 6) is 0.470. The molecule has 1 atom stereocenters. The summed E-state index contributed by atoms with van der Waals surface area (Å²) in [5.41, 5.74) is 11.6. The third-order valence-electron chi connectivity index (χ3n) is 5.87. The monoisotopic (exact) mass is 346 g/mol. The van der Waals surface area contributed by atoms with E-state index in [0.717, 1.165) is 12.8 Å². The Kier molecular flexibility index (Phi) is 3.90. The third kappa shape index (κ3) is 2.69. The first kappa shape index (κ1) is 16.1. The lowest BCUT2D eigenvalue weighted by Gasteiger charge is -2.04. The summed E-state index contributed by atoms with van der Waals surface area (Å²) in [7, 11) is 0. The molecule has 0 saturated heterocycles. The van der Waals surface area contributed by atoms with Crippen LogP contribution in [0.5, 0.6) is 0 Å². The van der Waals surface area contributed by atoms with Crippen LogP contribution in [-0.2, 0) is 12.8 Å². The molecule has 0 aromatic heterocycles. The highest BCUT2D eigenvalue weighted by molar-refractivity contribution is 5.86. The van der Waals surface area contributed by atoms with Gasteiger partial charge in [0.2, 0.25) is 0 Å². The Hall–Kier alpha value is -3.12. The second kappa shape index (κ2) is 6.55. The number of hydrogen-bond acceptors (Lipinski definition) is 0. The highest BCUT2D eigenvalue weighted by Gasteiger charge is 2.26. The van der Waals surface area contributed by atoms with E-state index in [-0.39, 0.29) is 0 Å². The van der Waals surface area contributed by atoms with Gasteiger partial charge in [0.05, 0.1) is 0 Å². The first-order valence-electron chi connectivity index (χ1n) is 9.63.